The predicted molar refractivity (Wildman–Crippen MR) is 94.1 cm³/mol. The number of carbonyl (C=O) groups is 1. The number of rotatable bonds is 2. The molecule has 2 saturated carbocycles. The minimum Gasteiger partial charge on any atom is -0.504 e. The zero-order valence-corrected chi connectivity index (χ0v) is 14.9. The molecule has 138 valence electrons. The van der Waals surface area contributed by atoms with E-state index in [2.05, 4.69) is 0 Å². The summed E-state index contributed by atoms with van der Waals surface area (Å²) in [5, 5.41) is 22.8. The molecule has 0 radical (unpaired) electrons. The van der Waals surface area contributed by atoms with E-state index in [4.69, 9.17) is 7.48 Å². The Morgan fingerprint density at radius 1 is 1.42 bits per heavy atom. The van der Waals surface area contributed by atoms with Crippen LogP contribution in [0.1, 0.15) is 47.3 Å². The van der Waals surface area contributed by atoms with Crippen molar-refractivity contribution < 1.29 is 28.3 Å². The summed E-state index contributed by atoms with van der Waals surface area (Å²) in [7, 11) is 1.90. The third-order valence-electron chi connectivity index (χ3n) is 7.57. The van der Waals surface area contributed by atoms with Crippen LogP contribution in [0.4, 0.5) is 0 Å². The molecule has 1 saturated heterocycles. The van der Waals surface area contributed by atoms with Crippen LogP contribution in [0.25, 0.3) is 0 Å². The lowest BCUT2D eigenvalue weighted by Crippen LogP contribution is -2.80. The van der Waals surface area contributed by atoms with Gasteiger partial charge in [0.15, 0.2) is 23.4 Å². The highest BCUT2D eigenvalue weighted by Crippen LogP contribution is 2.65. The van der Waals surface area contributed by atoms with Gasteiger partial charge in [0.1, 0.15) is 11.6 Å². The molecule has 5 nitrogen and oxygen atoms in total. The summed E-state index contributed by atoms with van der Waals surface area (Å²) in [5.74, 6) is 0.287. The summed E-state index contributed by atoms with van der Waals surface area (Å²) in [6.45, 7) is 1.14. The van der Waals surface area contributed by atoms with Crippen molar-refractivity contribution in [2.75, 3.05) is 20.1 Å². The molecule has 5 atom stereocenters. The van der Waals surface area contributed by atoms with Gasteiger partial charge in [0, 0.05) is 33.4 Å². The Hall–Kier alpha value is -1.59. The fraction of sp³-hybridized carbons (Fsp3) is 0.667. The van der Waals surface area contributed by atoms with Gasteiger partial charge in [-0.1, -0.05) is 6.07 Å². The van der Waals surface area contributed by atoms with Gasteiger partial charge in [-0.3, -0.25) is 4.79 Å². The third kappa shape index (κ3) is 1.55. The SMILES string of the molecule is [2H]C1([2H])c2ccc(O)c3c2C24CC[N+](C)(CC5CC5)[C@@]1([2H])[C@@]2(O)CCC(=O)C4O3. The van der Waals surface area contributed by atoms with E-state index in [-0.39, 0.29) is 40.2 Å². The number of hydrogen-bond donors (Lipinski definition) is 2. The number of quaternary nitrogens is 1. The zero-order chi connectivity index (χ0) is 20.6. The van der Waals surface area contributed by atoms with E-state index < -0.39 is 29.5 Å². The van der Waals surface area contributed by atoms with E-state index >= 15 is 0 Å². The average molecular weight is 359 g/mol. The normalized spacial score (nSPS) is 51.7. The molecule has 2 heterocycles. The first-order valence-corrected chi connectivity index (χ1v) is 9.67. The molecule has 5 heteroatoms. The highest BCUT2D eigenvalue weighted by molar-refractivity contribution is 5.90. The average Bonchev–Trinajstić information content (AvgIpc) is 3.39. The van der Waals surface area contributed by atoms with Crippen molar-refractivity contribution in [3.63, 3.8) is 0 Å². The molecule has 26 heavy (non-hydrogen) atoms. The number of ketones is 1. The van der Waals surface area contributed by atoms with E-state index in [1.54, 1.807) is 0 Å². The van der Waals surface area contributed by atoms with Gasteiger partial charge in [0.25, 0.3) is 0 Å². The number of Topliss-reactive ketones (excluding diaryl/α,β-unsaturated/α-hetero) is 1. The molecule has 5 aliphatic rings. The summed E-state index contributed by atoms with van der Waals surface area (Å²) in [6.07, 6.45) is -0.465. The summed E-state index contributed by atoms with van der Waals surface area (Å²) in [6, 6.07) is 1.03. The predicted octanol–water partition coefficient (Wildman–Crippen LogP) is 1.67. The molecule has 1 aromatic rings. The molecule has 3 unspecified atom stereocenters. The zero-order valence-electron chi connectivity index (χ0n) is 17.9. The Kier molecular flexibility index (Phi) is 2.18. The standard InChI is InChI=1S/C21H25NO4/c1-22(11-12-2-3-12)9-8-20-17-13-4-5-14(23)18(17)26-19(20)15(24)6-7-21(20,25)16(22)10-13/h4-5,12,16,19,25H,2-3,6-11H2,1H3/p+1/t16-,19?,20?,21+,22?/m1/s1/i10D2,16D. The Balaban J connectivity index is 1.72. The van der Waals surface area contributed by atoms with Crippen molar-refractivity contribution in [3.05, 3.63) is 23.3 Å². The maximum Gasteiger partial charge on any atom is 0.174 e. The lowest BCUT2D eigenvalue weighted by Gasteiger charge is -2.64. The maximum absolute atomic E-state index is 12.9. The number of benzene rings is 1. The largest absolute Gasteiger partial charge is 0.504 e. The van der Waals surface area contributed by atoms with Crippen LogP contribution in [0.3, 0.4) is 0 Å². The van der Waals surface area contributed by atoms with Gasteiger partial charge in [-0.05, 0) is 30.9 Å². The van der Waals surface area contributed by atoms with Gasteiger partial charge < -0.3 is 19.4 Å². The van der Waals surface area contributed by atoms with Crippen molar-refractivity contribution in [2.45, 2.75) is 61.6 Å². The number of hydrogen-bond acceptors (Lipinski definition) is 4. The second kappa shape index (κ2) is 4.45. The first kappa shape index (κ1) is 12.7. The third-order valence-corrected chi connectivity index (χ3v) is 7.57. The monoisotopic (exact) mass is 359 g/mol. The second-order valence-corrected chi connectivity index (χ2v) is 9.10. The lowest BCUT2D eigenvalue weighted by molar-refractivity contribution is -0.950. The molecular weight excluding hydrogens is 330 g/mol. The smallest absolute Gasteiger partial charge is 0.174 e. The summed E-state index contributed by atoms with van der Waals surface area (Å²) < 4.78 is 34.2. The number of piperidine rings is 1. The molecule has 2 N–H and O–H groups in total. The number of ether oxygens (including phenoxy) is 1. The molecular formula is C21H26NO4+. The van der Waals surface area contributed by atoms with Crippen molar-refractivity contribution in [1.29, 1.82) is 0 Å². The fourth-order valence-electron chi connectivity index (χ4n) is 6.20. The highest BCUT2D eigenvalue weighted by Gasteiger charge is 2.76. The summed E-state index contributed by atoms with van der Waals surface area (Å²) in [5.41, 5.74) is -2.25. The molecule has 2 bridgehead atoms. The van der Waals surface area contributed by atoms with Gasteiger partial charge in [-0.25, -0.2) is 0 Å². The molecule has 1 spiro atoms. The van der Waals surface area contributed by atoms with Gasteiger partial charge in [-0.2, -0.15) is 0 Å². The van der Waals surface area contributed by atoms with E-state index in [1.807, 2.05) is 7.05 Å². The van der Waals surface area contributed by atoms with Gasteiger partial charge >= 0.3 is 0 Å². The fourth-order valence-corrected chi connectivity index (χ4v) is 6.20. The minimum absolute atomic E-state index is 0.0434. The van der Waals surface area contributed by atoms with Gasteiger partial charge in [0.05, 0.1) is 26.9 Å². The van der Waals surface area contributed by atoms with Crippen LogP contribution < -0.4 is 4.74 Å². The van der Waals surface area contributed by atoms with Gasteiger partial charge in [-0.15, -0.1) is 0 Å². The maximum atomic E-state index is 12.9. The summed E-state index contributed by atoms with van der Waals surface area (Å²) in [4.78, 5) is 12.9. The van der Waals surface area contributed by atoms with Crippen LogP contribution in [-0.4, -0.2) is 58.3 Å². The minimum atomic E-state index is -2.17. The van der Waals surface area contributed by atoms with Gasteiger partial charge in [0.2, 0.25) is 0 Å². The Bertz CT molecular complexity index is 981. The first-order chi connectivity index (χ1) is 13.5. The Labute approximate surface area is 157 Å². The van der Waals surface area contributed by atoms with Crippen LogP contribution in [0.15, 0.2) is 12.1 Å². The van der Waals surface area contributed by atoms with Crippen LogP contribution in [0.2, 0.25) is 0 Å². The quantitative estimate of drug-likeness (QED) is 0.789. The van der Waals surface area contributed by atoms with Crippen molar-refractivity contribution >= 4 is 5.78 Å². The lowest BCUT2D eigenvalue weighted by atomic mass is 9.48. The van der Waals surface area contributed by atoms with Crippen LogP contribution >= 0.6 is 0 Å². The van der Waals surface area contributed by atoms with E-state index in [0.29, 0.717) is 31.0 Å². The number of aliphatic hydroxyl groups is 1. The van der Waals surface area contributed by atoms with Crippen molar-refractivity contribution in [1.82, 2.24) is 0 Å². The topological polar surface area (TPSA) is 66.8 Å². The number of aromatic hydroxyl groups is 1. The Morgan fingerprint density at radius 2 is 2.23 bits per heavy atom. The van der Waals surface area contributed by atoms with E-state index in [0.717, 1.165) is 12.8 Å². The first-order valence-electron chi connectivity index (χ1n) is 11.2. The molecule has 1 aromatic carbocycles. The molecule has 3 aliphatic carbocycles. The molecule has 0 amide bonds. The molecule has 3 fully saturated rings. The Morgan fingerprint density at radius 3 is 3.00 bits per heavy atom. The van der Waals surface area contributed by atoms with E-state index in [1.165, 1.54) is 12.1 Å². The summed E-state index contributed by atoms with van der Waals surface area (Å²) >= 11 is 0. The molecule has 0 aromatic heterocycles. The number of carbonyl (C=O) groups excluding carboxylic acids is 1. The van der Waals surface area contributed by atoms with Crippen molar-refractivity contribution in [3.8, 4) is 11.5 Å². The molecule has 6 rings (SSSR count). The number of likely N-dealkylation sites (N-methyl/N-ethyl adjacent to an activating group) is 1. The second-order valence-electron chi connectivity index (χ2n) is 9.10. The van der Waals surface area contributed by atoms with E-state index in [9.17, 15) is 16.4 Å². The number of nitrogens with zero attached hydrogens (tertiary/aromatic N) is 1. The van der Waals surface area contributed by atoms with Crippen molar-refractivity contribution in [2.24, 2.45) is 5.92 Å². The van der Waals surface area contributed by atoms with Crippen LogP contribution in [-0.2, 0) is 16.6 Å². The number of likely N-dealkylation sites (tertiary alicyclic amines) is 1. The highest BCUT2D eigenvalue weighted by atomic mass is 16.5. The number of phenolic OH excluding ortho intramolecular Hbond substituents is 1. The van der Waals surface area contributed by atoms with Crippen LogP contribution in [0, 0.1) is 5.92 Å². The number of phenols is 1. The molecule has 2 aliphatic heterocycles. The van der Waals surface area contributed by atoms with Crippen LogP contribution in [0.5, 0.6) is 11.5 Å².